The Balaban J connectivity index is 1.62. The van der Waals surface area contributed by atoms with E-state index in [1.54, 1.807) is 23.0 Å². The van der Waals surface area contributed by atoms with Gasteiger partial charge in [-0.1, -0.05) is 16.8 Å². The van der Waals surface area contributed by atoms with Crippen LogP contribution in [0.25, 0.3) is 5.69 Å². The molecule has 150 valence electrons. The van der Waals surface area contributed by atoms with Gasteiger partial charge >= 0.3 is 0 Å². The Labute approximate surface area is 169 Å². The number of methoxy groups -OCH3 is 1. The van der Waals surface area contributed by atoms with Crippen LogP contribution in [0.15, 0.2) is 41.9 Å². The number of hydrogen-bond donors (Lipinski definition) is 1. The Bertz CT molecular complexity index is 1080. The summed E-state index contributed by atoms with van der Waals surface area (Å²) in [5.74, 6) is -1.02. The van der Waals surface area contributed by atoms with E-state index in [0.29, 0.717) is 28.7 Å². The number of ether oxygens (including phenoxy) is 1. The normalized spacial score (nSPS) is 16.0. The lowest BCUT2D eigenvalue weighted by Gasteiger charge is -2.24. The molecule has 7 nitrogen and oxygen atoms in total. The average Bonchev–Trinajstić information content (AvgIpc) is 3.17. The van der Waals surface area contributed by atoms with E-state index in [1.165, 1.54) is 7.11 Å². The summed E-state index contributed by atoms with van der Waals surface area (Å²) in [5, 5.41) is 6.52. The molecule has 0 radical (unpaired) electrons. The maximum Gasteiger partial charge on any atom is 0.238 e. The molecule has 3 heterocycles. The van der Waals surface area contributed by atoms with Gasteiger partial charge in [0, 0.05) is 6.20 Å². The second kappa shape index (κ2) is 7.67. The molecule has 29 heavy (non-hydrogen) atoms. The molecule has 0 spiro atoms. The standard InChI is InChI=1S/C19H16ClF2N5O2/c1-10-7-27(9-23-10)16-4-3-14(25-19(16)28-2)18-24-15(8-29-26-18)11-5-12(21)17(20)13(22)6-11/h3-7,9,15H,8H2,1-2H3,(H,24,26). The molecule has 1 aliphatic rings. The highest BCUT2D eigenvalue weighted by atomic mass is 35.5. The minimum Gasteiger partial charge on any atom is -0.479 e. The molecular formula is C19H16ClF2N5O2. The third-order valence-corrected chi connectivity index (χ3v) is 4.74. The van der Waals surface area contributed by atoms with Crippen molar-refractivity contribution in [3.05, 3.63) is 70.4 Å². The fourth-order valence-corrected chi connectivity index (χ4v) is 3.06. The minimum atomic E-state index is -0.840. The van der Waals surface area contributed by atoms with E-state index in [-0.39, 0.29) is 6.61 Å². The van der Waals surface area contributed by atoms with E-state index < -0.39 is 22.7 Å². The van der Waals surface area contributed by atoms with Gasteiger partial charge < -0.3 is 19.5 Å². The number of pyridine rings is 1. The van der Waals surface area contributed by atoms with Crippen LogP contribution < -0.4 is 10.1 Å². The Morgan fingerprint density at radius 3 is 2.69 bits per heavy atom. The van der Waals surface area contributed by atoms with Gasteiger partial charge in [0.25, 0.3) is 0 Å². The summed E-state index contributed by atoms with van der Waals surface area (Å²) < 4.78 is 34.8. The summed E-state index contributed by atoms with van der Waals surface area (Å²) in [4.78, 5) is 13.9. The smallest absolute Gasteiger partial charge is 0.238 e. The molecule has 0 saturated carbocycles. The van der Waals surface area contributed by atoms with Crippen LogP contribution in [-0.2, 0) is 4.84 Å². The fraction of sp³-hybridized carbons (Fsp3) is 0.211. The topological polar surface area (TPSA) is 73.6 Å². The number of nitrogens with one attached hydrogen (secondary N) is 1. The first-order chi connectivity index (χ1) is 14.0. The molecular weight excluding hydrogens is 404 g/mol. The Morgan fingerprint density at radius 1 is 1.28 bits per heavy atom. The molecule has 0 aliphatic carbocycles. The van der Waals surface area contributed by atoms with Crippen molar-refractivity contribution in [2.45, 2.75) is 13.0 Å². The number of hydrogen-bond acceptors (Lipinski definition) is 6. The monoisotopic (exact) mass is 419 g/mol. The average molecular weight is 420 g/mol. The summed E-state index contributed by atoms with van der Waals surface area (Å²) >= 11 is 5.56. The zero-order valence-corrected chi connectivity index (χ0v) is 16.2. The van der Waals surface area contributed by atoms with E-state index in [0.717, 1.165) is 17.8 Å². The first-order valence-corrected chi connectivity index (χ1v) is 9.01. The fourth-order valence-electron chi connectivity index (χ4n) is 2.95. The molecule has 1 aromatic carbocycles. The van der Waals surface area contributed by atoms with E-state index in [1.807, 2.05) is 13.1 Å². The molecule has 0 saturated heterocycles. The lowest BCUT2D eigenvalue weighted by Crippen LogP contribution is -2.36. The van der Waals surface area contributed by atoms with Gasteiger partial charge in [-0.25, -0.2) is 18.7 Å². The maximum atomic E-state index is 13.8. The highest BCUT2D eigenvalue weighted by Crippen LogP contribution is 2.26. The molecule has 1 atom stereocenters. The highest BCUT2D eigenvalue weighted by Gasteiger charge is 2.24. The van der Waals surface area contributed by atoms with Crippen LogP contribution in [0.5, 0.6) is 5.88 Å². The van der Waals surface area contributed by atoms with Gasteiger partial charge in [-0.05, 0) is 36.8 Å². The van der Waals surface area contributed by atoms with Gasteiger partial charge in [0.1, 0.15) is 34.6 Å². The largest absolute Gasteiger partial charge is 0.479 e. The second-order valence-electron chi connectivity index (χ2n) is 6.38. The van der Waals surface area contributed by atoms with Crippen molar-refractivity contribution in [3.8, 4) is 11.6 Å². The molecule has 0 bridgehead atoms. The first kappa shape index (κ1) is 19.1. The summed E-state index contributed by atoms with van der Waals surface area (Å²) in [6.45, 7) is 1.97. The number of imidazole rings is 1. The number of amidine groups is 1. The third kappa shape index (κ3) is 3.73. The van der Waals surface area contributed by atoms with Crippen LogP contribution in [0.1, 0.15) is 23.0 Å². The highest BCUT2D eigenvalue weighted by molar-refractivity contribution is 6.30. The number of nitrogens with zero attached hydrogens (tertiary/aromatic N) is 4. The zero-order chi connectivity index (χ0) is 20.5. The number of halogens is 3. The van der Waals surface area contributed by atoms with Gasteiger partial charge in [-0.2, -0.15) is 0 Å². The number of oxime groups is 1. The van der Waals surface area contributed by atoms with Crippen molar-refractivity contribution in [2.75, 3.05) is 13.7 Å². The van der Waals surface area contributed by atoms with E-state index in [2.05, 4.69) is 20.4 Å². The van der Waals surface area contributed by atoms with E-state index in [9.17, 15) is 8.78 Å². The number of rotatable bonds is 4. The van der Waals surface area contributed by atoms with E-state index in [4.69, 9.17) is 21.2 Å². The lowest BCUT2D eigenvalue weighted by molar-refractivity contribution is 0.109. The maximum absolute atomic E-state index is 13.8. The van der Waals surface area contributed by atoms with Crippen LogP contribution in [0, 0.1) is 18.6 Å². The van der Waals surface area contributed by atoms with Gasteiger partial charge in [0.2, 0.25) is 5.88 Å². The summed E-state index contributed by atoms with van der Waals surface area (Å²) in [5.41, 5.74) is 2.34. The first-order valence-electron chi connectivity index (χ1n) is 8.63. The quantitative estimate of drug-likeness (QED) is 0.655. The van der Waals surface area contributed by atoms with Crippen molar-refractivity contribution in [3.63, 3.8) is 0 Å². The van der Waals surface area contributed by atoms with Crippen molar-refractivity contribution in [1.29, 1.82) is 0 Å². The molecule has 0 amide bonds. The summed E-state index contributed by atoms with van der Waals surface area (Å²) in [6, 6.07) is 5.32. The number of benzene rings is 1. The van der Waals surface area contributed by atoms with Gasteiger partial charge in [-0.15, -0.1) is 0 Å². The van der Waals surface area contributed by atoms with Crippen molar-refractivity contribution in [2.24, 2.45) is 5.16 Å². The Kier molecular flexibility index (Phi) is 5.06. The molecule has 2 aromatic heterocycles. The molecule has 10 heteroatoms. The second-order valence-corrected chi connectivity index (χ2v) is 6.76. The summed E-state index contributed by atoms with van der Waals surface area (Å²) in [6.07, 6.45) is 3.51. The van der Waals surface area contributed by atoms with Gasteiger partial charge in [-0.3, -0.25) is 0 Å². The van der Waals surface area contributed by atoms with Crippen molar-refractivity contribution < 1.29 is 18.4 Å². The van der Waals surface area contributed by atoms with Crippen LogP contribution in [-0.4, -0.2) is 34.1 Å². The van der Waals surface area contributed by atoms with Gasteiger partial charge in [0.15, 0.2) is 5.84 Å². The van der Waals surface area contributed by atoms with Crippen molar-refractivity contribution >= 4 is 17.4 Å². The molecule has 1 unspecified atom stereocenters. The molecule has 4 rings (SSSR count). The Morgan fingerprint density at radius 2 is 2.03 bits per heavy atom. The van der Waals surface area contributed by atoms with Crippen LogP contribution in [0.4, 0.5) is 8.78 Å². The zero-order valence-electron chi connectivity index (χ0n) is 15.5. The van der Waals surface area contributed by atoms with Gasteiger partial charge in [0.05, 0.1) is 25.2 Å². The van der Waals surface area contributed by atoms with Crippen molar-refractivity contribution in [1.82, 2.24) is 19.9 Å². The Hall–Kier alpha value is -3.20. The third-order valence-electron chi connectivity index (χ3n) is 4.38. The molecule has 1 N–H and O–H groups in total. The summed E-state index contributed by atoms with van der Waals surface area (Å²) in [7, 11) is 1.51. The predicted octanol–water partition coefficient (Wildman–Crippen LogP) is 3.54. The predicted molar refractivity (Wildman–Crippen MR) is 102 cm³/mol. The number of aryl methyl sites for hydroxylation is 1. The molecule has 0 fully saturated rings. The van der Waals surface area contributed by atoms with E-state index >= 15 is 0 Å². The molecule has 1 aliphatic heterocycles. The van der Waals surface area contributed by atoms with Crippen LogP contribution >= 0.6 is 11.6 Å². The lowest BCUT2D eigenvalue weighted by atomic mass is 10.1. The minimum absolute atomic E-state index is 0.0908. The van der Waals surface area contributed by atoms with Crippen LogP contribution in [0.3, 0.4) is 0 Å². The SMILES string of the molecule is COc1nc(C2=NOCC(c3cc(F)c(Cl)c(F)c3)N2)ccc1-n1cnc(C)c1. The van der Waals surface area contributed by atoms with Crippen LogP contribution in [0.2, 0.25) is 5.02 Å². The number of aromatic nitrogens is 3. The molecule has 3 aromatic rings.